The lowest BCUT2D eigenvalue weighted by Gasteiger charge is -2.40. The van der Waals surface area contributed by atoms with Crippen molar-refractivity contribution in [1.82, 2.24) is 10.8 Å². The highest BCUT2D eigenvalue weighted by atomic mass is 16.7. The molecular formula is C20H30N2O8. The fraction of sp³-hybridized carbons (Fsp3) is 0.600. The number of unbranched alkanes of at least 4 members (excludes halogenated alkanes) is 2. The Morgan fingerprint density at radius 2 is 1.73 bits per heavy atom. The van der Waals surface area contributed by atoms with E-state index in [1.54, 1.807) is 0 Å². The first-order valence-corrected chi connectivity index (χ1v) is 9.98. The maximum Gasteiger partial charge on any atom is 0.329 e. The van der Waals surface area contributed by atoms with Crippen LogP contribution in [0.2, 0.25) is 0 Å². The summed E-state index contributed by atoms with van der Waals surface area (Å²) in [5, 5.41) is 40.9. The van der Waals surface area contributed by atoms with Crippen molar-refractivity contribution in [2.45, 2.75) is 62.7 Å². The first kappa shape index (κ1) is 24.2. The molecule has 0 bridgehead atoms. The number of carbonyl (C=O) groups is 2. The smallest absolute Gasteiger partial charge is 0.329 e. The summed E-state index contributed by atoms with van der Waals surface area (Å²) in [6, 6.07) is 9.26. The van der Waals surface area contributed by atoms with Crippen LogP contribution in [0.15, 0.2) is 30.3 Å². The summed E-state index contributed by atoms with van der Waals surface area (Å²) in [4.78, 5) is 28.6. The average molecular weight is 426 g/mol. The maximum absolute atomic E-state index is 12.0. The Morgan fingerprint density at radius 3 is 2.43 bits per heavy atom. The third-order valence-electron chi connectivity index (χ3n) is 4.76. The van der Waals surface area contributed by atoms with Crippen molar-refractivity contribution in [3.63, 3.8) is 0 Å². The summed E-state index contributed by atoms with van der Waals surface area (Å²) in [6.07, 6.45) is -4.47. The van der Waals surface area contributed by atoms with Crippen LogP contribution in [0.3, 0.4) is 0 Å². The molecule has 5 atom stereocenters. The van der Waals surface area contributed by atoms with Gasteiger partial charge < -0.3 is 35.3 Å². The number of amides is 1. The minimum absolute atomic E-state index is 0.169. The van der Waals surface area contributed by atoms with Gasteiger partial charge in [-0.1, -0.05) is 36.8 Å². The van der Waals surface area contributed by atoms with Gasteiger partial charge in [0.1, 0.15) is 24.4 Å². The summed E-state index contributed by atoms with van der Waals surface area (Å²) in [7, 11) is 0. The van der Waals surface area contributed by atoms with E-state index in [-0.39, 0.29) is 24.7 Å². The van der Waals surface area contributed by atoms with E-state index in [2.05, 4.69) is 10.8 Å². The zero-order chi connectivity index (χ0) is 21.9. The van der Waals surface area contributed by atoms with Crippen molar-refractivity contribution in [2.75, 3.05) is 13.2 Å². The quantitative estimate of drug-likeness (QED) is 0.188. The number of ether oxygens (including phenoxy) is 1. The summed E-state index contributed by atoms with van der Waals surface area (Å²) in [5.41, 5.74) is 3.48. The molecule has 1 amide bonds. The summed E-state index contributed by atoms with van der Waals surface area (Å²) < 4.78 is 5.23. The zero-order valence-electron chi connectivity index (χ0n) is 16.6. The highest BCUT2D eigenvalue weighted by Crippen LogP contribution is 2.19. The largest absolute Gasteiger partial charge is 0.394 e. The van der Waals surface area contributed by atoms with Gasteiger partial charge in [0.05, 0.1) is 13.0 Å². The number of nitrogens with one attached hydrogen (secondary N) is 2. The van der Waals surface area contributed by atoms with E-state index in [0.29, 0.717) is 25.8 Å². The molecule has 1 aromatic rings. The lowest BCUT2D eigenvalue weighted by Crippen LogP contribution is -2.63. The molecular weight excluding hydrogens is 396 g/mol. The first-order chi connectivity index (χ1) is 14.4. The van der Waals surface area contributed by atoms with E-state index in [1.807, 2.05) is 30.3 Å². The van der Waals surface area contributed by atoms with Crippen molar-refractivity contribution in [3.05, 3.63) is 35.9 Å². The van der Waals surface area contributed by atoms with Gasteiger partial charge in [-0.25, -0.2) is 0 Å². The van der Waals surface area contributed by atoms with E-state index in [9.17, 15) is 24.9 Å². The molecule has 168 valence electrons. The Labute approximate surface area is 174 Å². The highest BCUT2D eigenvalue weighted by Gasteiger charge is 2.43. The Bertz CT molecular complexity index is 657. The molecule has 0 radical (unpaired) electrons. The molecule has 1 aromatic carbocycles. The third-order valence-corrected chi connectivity index (χ3v) is 4.76. The van der Waals surface area contributed by atoms with Gasteiger partial charge in [0.2, 0.25) is 5.91 Å². The number of aliphatic hydroxyl groups is 4. The lowest BCUT2D eigenvalue weighted by atomic mass is 9.98. The molecule has 0 saturated carbocycles. The van der Waals surface area contributed by atoms with Crippen LogP contribution >= 0.6 is 0 Å². The van der Waals surface area contributed by atoms with E-state index in [1.165, 1.54) is 0 Å². The van der Waals surface area contributed by atoms with Crippen LogP contribution in [-0.2, 0) is 25.6 Å². The van der Waals surface area contributed by atoms with Crippen molar-refractivity contribution in [2.24, 2.45) is 0 Å². The van der Waals surface area contributed by atoms with Crippen LogP contribution in [0.4, 0.5) is 0 Å². The predicted molar refractivity (Wildman–Crippen MR) is 105 cm³/mol. The number of hydroxylamine groups is 1. The number of carbonyl (C=O) groups excluding carboxylic acids is 2. The second kappa shape index (κ2) is 12.6. The van der Waals surface area contributed by atoms with Crippen molar-refractivity contribution >= 4 is 11.9 Å². The lowest BCUT2D eigenvalue weighted by molar-refractivity contribution is -0.236. The van der Waals surface area contributed by atoms with Gasteiger partial charge in [-0.2, -0.15) is 5.48 Å². The molecule has 1 aliphatic heterocycles. The SMILES string of the molecule is O=C(CCCCCNOC(=O)Cc1ccccc1)NC1OC(CO)C(O)C(O)C1O. The van der Waals surface area contributed by atoms with Crippen LogP contribution in [0.25, 0.3) is 0 Å². The van der Waals surface area contributed by atoms with E-state index < -0.39 is 37.3 Å². The molecule has 1 heterocycles. The van der Waals surface area contributed by atoms with Crippen molar-refractivity contribution < 1.29 is 39.6 Å². The fourth-order valence-electron chi connectivity index (χ4n) is 3.04. The molecule has 30 heavy (non-hydrogen) atoms. The van der Waals surface area contributed by atoms with E-state index in [4.69, 9.17) is 14.7 Å². The summed E-state index contributed by atoms with van der Waals surface area (Å²) in [6.45, 7) is -0.102. The molecule has 1 aliphatic rings. The minimum Gasteiger partial charge on any atom is -0.394 e. The molecule has 0 aliphatic carbocycles. The van der Waals surface area contributed by atoms with E-state index >= 15 is 0 Å². The highest BCUT2D eigenvalue weighted by molar-refractivity contribution is 5.76. The van der Waals surface area contributed by atoms with Crippen LogP contribution in [-0.4, -0.2) is 76.1 Å². The zero-order valence-corrected chi connectivity index (χ0v) is 16.6. The average Bonchev–Trinajstić information content (AvgIpc) is 2.74. The number of hydrogen-bond acceptors (Lipinski definition) is 9. The minimum atomic E-state index is -1.53. The second-order valence-corrected chi connectivity index (χ2v) is 7.16. The van der Waals surface area contributed by atoms with Crippen LogP contribution < -0.4 is 10.8 Å². The predicted octanol–water partition coefficient (Wildman–Crippen LogP) is -1.25. The number of aliphatic hydroxyl groups excluding tert-OH is 4. The van der Waals surface area contributed by atoms with Gasteiger partial charge >= 0.3 is 5.97 Å². The Hall–Kier alpha value is -2.08. The molecule has 5 unspecified atom stereocenters. The maximum atomic E-state index is 12.0. The second-order valence-electron chi connectivity index (χ2n) is 7.16. The van der Waals surface area contributed by atoms with E-state index in [0.717, 1.165) is 5.56 Å². The Balaban J connectivity index is 1.54. The number of rotatable bonds is 11. The van der Waals surface area contributed by atoms with Crippen molar-refractivity contribution in [1.29, 1.82) is 0 Å². The van der Waals surface area contributed by atoms with Gasteiger partial charge in [-0.05, 0) is 18.4 Å². The van der Waals surface area contributed by atoms with Crippen LogP contribution in [0.5, 0.6) is 0 Å². The van der Waals surface area contributed by atoms with Crippen molar-refractivity contribution in [3.8, 4) is 0 Å². The van der Waals surface area contributed by atoms with Gasteiger partial charge in [-0.15, -0.1) is 0 Å². The van der Waals surface area contributed by atoms with Gasteiger partial charge in [0.25, 0.3) is 0 Å². The van der Waals surface area contributed by atoms with Gasteiger partial charge in [-0.3, -0.25) is 9.59 Å². The summed E-state index contributed by atoms with van der Waals surface area (Å²) >= 11 is 0. The van der Waals surface area contributed by atoms with Gasteiger partial charge in [0.15, 0.2) is 6.23 Å². The first-order valence-electron chi connectivity index (χ1n) is 9.98. The monoisotopic (exact) mass is 426 g/mol. The molecule has 1 fully saturated rings. The van der Waals surface area contributed by atoms with Crippen LogP contribution in [0.1, 0.15) is 31.2 Å². The fourth-order valence-corrected chi connectivity index (χ4v) is 3.04. The molecule has 0 spiro atoms. The number of benzene rings is 1. The standard InChI is InChI=1S/C20H30N2O8/c23-12-14-17(26)18(27)19(28)20(29-14)22-15(24)9-5-2-6-10-21-30-16(25)11-13-7-3-1-4-8-13/h1,3-4,7-8,14,17-21,23,26-28H,2,5-6,9-12H2,(H,22,24). The van der Waals surface area contributed by atoms with Crippen LogP contribution in [0, 0.1) is 0 Å². The topological polar surface area (TPSA) is 158 Å². The summed E-state index contributed by atoms with van der Waals surface area (Å²) in [5.74, 6) is -0.762. The number of hydrogen-bond donors (Lipinski definition) is 6. The normalized spacial score (nSPS) is 26.2. The third kappa shape index (κ3) is 7.63. The molecule has 6 N–H and O–H groups in total. The molecule has 10 heteroatoms. The molecule has 10 nitrogen and oxygen atoms in total. The van der Waals surface area contributed by atoms with Gasteiger partial charge in [0, 0.05) is 13.0 Å². The molecule has 1 saturated heterocycles. The Kier molecular flexibility index (Phi) is 10.1. The molecule has 2 rings (SSSR count). The molecule has 0 aromatic heterocycles. The Morgan fingerprint density at radius 1 is 1.00 bits per heavy atom.